The molecule has 1 aliphatic rings. The van der Waals surface area contributed by atoms with Crippen molar-refractivity contribution in [2.45, 2.75) is 25.8 Å². The fourth-order valence-corrected chi connectivity index (χ4v) is 4.92. The predicted octanol–water partition coefficient (Wildman–Crippen LogP) is 3.83. The highest BCUT2D eigenvalue weighted by Crippen LogP contribution is 2.37. The lowest BCUT2D eigenvalue weighted by atomic mass is 10.1. The van der Waals surface area contributed by atoms with E-state index in [2.05, 4.69) is 25.6 Å². The first-order chi connectivity index (χ1) is 19.4. The minimum Gasteiger partial charge on any atom is -0.495 e. The second-order valence-corrected chi connectivity index (χ2v) is 9.36. The standard InChI is InChI=1S/C26H26N8O2.C2H4O2/c1-36-21-13-15(5-6-20(21)32-26(35)18-3-2-4-19-17(18)9-12-29-19)23-22-24(27)30-14-31-25(22)34(33-23)16-7-10-28-11-8-16;1-2(3)4/h2-6,9,12-14,16,28-29H,7-8,10-11H2,1H3,(H,32,35)(H2,27,30,31);1H3,(H,3,4). The average Bonchev–Trinajstić information content (AvgIpc) is 3.59. The fraction of sp³-hybridized carbons (Fsp3) is 0.250. The number of ether oxygens (including phenoxy) is 1. The number of H-pyrrole nitrogens is 1. The van der Waals surface area contributed by atoms with Gasteiger partial charge >= 0.3 is 0 Å². The number of nitrogens with zero attached hydrogens (tertiary/aromatic N) is 4. The molecule has 1 saturated heterocycles. The van der Waals surface area contributed by atoms with Gasteiger partial charge in [-0.3, -0.25) is 9.59 Å². The molecule has 0 atom stereocenters. The lowest BCUT2D eigenvalue weighted by Gasteiger charge is -2.23. The highest BCUT2D eigenvalue weighted by atomic mass is 16.5. The Bertz CT molecular complexity index is 1680. The molecule has 0 spiro atoms. The number of carboxylic acids is 1. The summed E-state index contributed by atoms with van der Waals surface area (Å²) in [6, 6.07) is 13.3. The van der Waals surface area contributed by atoms with Crippen LogP contribution in [0.25, 0.3) is 33.2 Å². The molecule has 0 bridgehead atoms. The van der Waals surface area contributed by atoms with Gasteiger partial charge in [0.2, 0.25) is 0 Å². The molecular weight excluding hydrogens is 512 g/mol. The number of methoxy groups -OCH3 is 1. The van der Waals surface area contributed by atoms with E-state index in [9.17, 15) is 4.79 Å². The first kappa shape index (κ1) is 26.6. The Labute approximate surface area is 229 Å². The lowest BCUT2D eigenvalue weighted by Crippen LogP contribution is -2.30. The van der Waals surface area contributed by atoms with E-state index in [4.69, 9.17) is 25.5 Å². The average molecular weight is 543 g/mol. The molecule has 0 unspecified atom stereocenters. The topological polar surface area (TPSA) is 173 Å². The van der Waals surface area contributed by atoms with E-state index in [0.717, 1.165) is 55.0 Å². The first-order valence-corrected chi connectivity index (χ1v) is 12.8. The molecule has 0 aliphatic carbocycles. The van der Waals surface area contributed by atoms with Crippen LogP contribution in [0.4, 0.5) is 11.5 Å². The summed E-state index contributed by atoms with van der Waals surface area (Å²) in [6.07, 6.45) is 5.22. The number of benzene rings is 2. The number of aromatic amines is 1. The Balaban J connectivity index is 0.000000758. The van der Waals surface area contributed by atoms with Crippen molar-refractivity contribution in [2.75, 3.05) is 31.2 Å². The van der Waals surface area contributed by atoms with E-state index in [1.165, 1.54) is 6.33 Å². The van der Waals surface area contributed by atoms with Gasteiger partial charge in [0.1, 0.15) is 23.6 Å². The van der Waals surface area contributed by atoms with Gasteiger partial charge in [0.05, 0.1) is 24.2 Å². The summed E-state index contributed by atoms with van der Waals surface area (Å²) in [5, 5.41) is 20.3. The van der Waals surface area contributed by atoms with Gasteiger partial charge in [0.25, 0.3) is 11.9 Å². The highest BCUT2D eigenvalue weighted by molar-refractivity contribution is 6.13. The number of piperidine rings is 1. The number of nitrogen functional groups attached to an aromatic ring is 1. The molecule has 0 radical (unpaired) electrons. The largest absolute Gasteiger partial charge is 0.495 e. The summed E-state index contributed by atoms with van der Waals surface area (Å²) in [4.78, 5) is 34.0. The van der Waals surface area contributed by atoms with Crippen molar-refractivity contribution in [1.82, 2.24) is 30.0 Å². The normalized spacial score (nSPS) is 13.6. The van der Waals surface area contributed by atoms with Crippen LogP contribution in [0.15, 0.2) is 55.0 Å². The van der Waals surface area contributed by atoms with Crippen LogP contribution in [0, 0.1) is 0 Å². The molecule has 2 aromatic carbocycles. The number of amides is 1. The van der Waals surface area contributed by atoms with Gasteiger partial charge in [0, 0.05) is 35.2 Å². The molecule has 40 heavy (non-hydrogen) atoms. The summed E-state index contributed by atoms with van der Waals surface area (Å²) >= 11 is 0. The van der Waals surface area contributed by atoms with Crippen molar-refractivity contribution in [1.29, 1.82) is 0 Å². The maximum atomic E-state index is 13.1. The third-order valence-electron chi connectivity index (χ3n) is 6.74. The molecule has 12 heteroatoms. The van der Waals surface area contributed by atoms with Crippen LogP contribution < -0.4 is 21.1 Å². The second kappa shape index (κ2) is 11.4. The van der Waals surface area contributed by atoms with Gasteiger partial charge < -0.3 is 31.2 Å². The molecule has 1 aliphatic heterocycles. The number of carbonyl (C=O) groups is 2. The molecule has 6 rings (SSSR count). The third-order valence-corrected chi connectivity index (χ3v) is 6.74. The van der Waals surface area contributed by atoms with Gasteiger partial charge in [-0.05, 0) is 56.3 Å². The monoisotopic (exact) mass is 542 g/mol. The molecule has 6 N–H and O–H groups in total. The van der Waals surface area contributed by atoms with Crippen molar-refractivity contribution in [2.24, 2.45) is 0 Å². The van der Waals surface area contributed by atoms with Crippen LogP contribution in [-0.2, 0) is 4.79 Å². The van der Waals surface area contributed by atoms with E-state index in [-0.39, 0.29) is 11.9 Å². The van der Waals surface area contributed by atoms with E-state index < -0.39 is 5.97 Å². The molecule has 1 amide bonds. The maximum absolute atomic E-state index is 13.1. The van der Waals surface area contributed by atoms with Crippen LogP contribution in [0.2, 0.25) is 0 Å². The summed E-state index contributed by atoms with van der Waals surface area (Å²) in [5.41, 5.74) is 10.6. The molecule has 4 heterocycles. The quantitative estimate of drug-likeness (QED) is 0.221. The second-order valence-electron chi connectivity index (χ2n) is 9.36. The van der Waals surface area contributed by atoms with Gasteiger partial charge in [-0.25, -0.2) is 14.6 Å². The van der Waals surface area contributed by atoms with Crippen molar-refractivity contribution < 1.29 is 19.4 Å². The maximum Gasteiger partial charge on any atom is 0.300 e. The van der Waals surface area contributed by atoms with Gasteiger partial charge in [-0.1, -0.05) is 12.1 Å². The number of carbonyl (C=O) groups excluding carboxylic acids is 1. The number of aromatic nitrogens is 5. The number of carboxylic acid groups (broad SMARTS) is 1. The van der Waals surface area contributed by atoms with Gasteiger partial charge in [-0.2, -0.15) is 5.10 Å². The fourth-order valence-electron chi connectivity index (χ4n) is 4.92. The SMILES string of the molecule is CC(=O)O.COc1cc(-c2nn(C3CCNCC3)c3ncnc(N)c23)ccc1NC(=O)c1cccc2[nH]ccc12. The van der Waals surface area contributed by atoms with Crippen molar-refractivity contribution in [3.05, 3.63) is 60.6 Å². The molecule has 12 nitrogen and oxygen atoms in total. The Hall–Kier alpha value is -4.97. The molecule has 1 fully saturated rings. The van der Waals surface area contributed by atoms with Gasteiger partial charge in [0.15, 0.2) is 5.65 Å². The smallest absolute Gasteiger partial charge is 0.300 e. The predicted molar refractivity (Wildman–Crippen MR) is 152 cm³/mol. The summed E-state index contributed by atoms with van der Waals surface area (Å²) in [7, 11) is 1.57. The number of hydrogen-bond acceptors (Lipinski definition) is 8. The summed E-state index contributed by atoms with van der Waals surface area (Å²) in [5.74, 6) is -0.155. The summed E-state index contributed by atoms with van der Waals surface area (Å²) in [6.45, 7) is 2.95. The summed E-state index contributed by atoms with van der Waals surface area (Å²) < 4.78 is 7.63. The first-order valence-electron chi connectivity index (χ1n) is 12.8. The van der Waals surface area contributed by atoms with E-state index in [1.54, 1.807) is 13.2 Å². The van der Waals surface area contributed by atoms with E-state index in [0.29, 0.717) is 33.9 Å². The van der Waals surface area contributed by atoms with Crippen molar-refractivity contribution in [3.8, 4) is 17.0 Å². The number of nitrogens with one attached hydrogen (secondary N) is 3. The van der Waals surface area contributed by atoms with E-state index >= 15 is 0 Å². The molecule has 3 aromatic heterocycles. The van der Waals surface area contributed by atoms with Crippen LogP contribution in [0.5, 0.6) is 5.75 Å². The number of hydrogen-bond donors (Lipinski definition) is 5. The van der Waals surface area contributed by atoms with Crippen LogP contribution in [-0.4, -0.2) is 61.9 Å². The minimum absolute atomic E-state index is 0.218. The van der Waals surface area contributed by atoms with Crippen LogP contribution >= 0.6 is 0 Å². The zero-order chi connectivity index (χ0) is 28.2. The number of nitrogens with two attached hydrogens (primary N) is 1. The highest BCUT2D eigenvalue weighted by Gasteiger charge is 2.24. The number of anilines is 2. The zero-order valence-electron chi connectivity index (χ0n) is 22.1. The lowest BCUT2D eigenvalue weighted by molar-refractivity contribution is -0.134. The van der Waals surface area contributed by atoms with Crippen molar-refractivity contribution in [3.63, 3.8) is 0 Å². The van der Waals surface area contributed by atoms with E-state index in [1.807, 2.05) is 47.3 Å². The molecule has 0 saturated carbocycles. The Kier molecular flexibility index (Phi) is 7.60. The minimum atomic E-state index is -0.833. The number of rotatable bonds is 5. The zero-order valence-corrected chi connectivity index (χ0v) is 22.1. The van der Waals surface area contributed by atoms with Crippen LogP contribution in [0.3, 0.4) is 0 Å². The third kappa shape index (κ3) is 5.29. The Morgan fingerprint density at radius 3 is 2.67 bits per heavy atom. The van der Waals surface area contributed by atoms with Crippen molar-refractivity contribution >= 4 is 45.3 Å². The van der Waals surface area contributed by atoms with Gasteiger partial charge in [-0.15, -0.1) is 0 Å². The number of aliphatic carboxylic acids is 1. The Morgan fingerprint density at radius 1 is 1.15 bits per heavy atom. The Morgan fingerprint density at radius 2 is 1.93 bits per heavy atom. The molecular formula is C28H30N8O4. The van der Waals surface area contributed by atoms with Crippen LogP contribution in [0.1, 0.15) is 36.2 Å². The molecule has 206 valence electrons. The molecule has 5 aromatic rings. The number of fused-ring (bicyclic) bond motifs is 2.